The molecule has 0 bridgehead atoms. The molecule has 202 valence electrons. The highest BCUT2D eigenvalue weighted by molar-refractivity contribution is 7.14. The fourth-order valence-electron chi connectivity index (χ4n) is 5.03. The zero-order chi connectivity index (χ0) is 27.8. The number of anilines is 1. The number of fused-ring (bicyclic) bond motifs is 1. The summed E-state index contributed by atoms with van der Waals surface area (Å²) in [6.07, 6.45) is 6.14. The van der Waals surface area contributed by atoms with Crippen molar-refractivity contribution in [2.45, 2.75) is 51.1 Å². The van der Waals surface area contributed by atoms with Gasteiger partial charge in [0.1, 0.15) is 5.82 Å². The van der Waals surface area contributed by atoms with Crippen molar-refractivity contribution >= 4 is 46.4 Å². The van der Waals surface area contributed by atoms with Crippen LogP contribution in [-0.2, 0) is 24.2 Å². The number of carbonyl (C=O) groups excluding carboxylic acids is 3. The van der Waals surface area contributed by atoms with Gasteiger partial charge in [-0.05, 0) is 84.8 Å². The minimum atomic E-state index is -0.666. The SMILES string of the molecule is Cc1ccnc(NC(=O)c2ccc(CN3C(=O)c4sc(C5CC5)cc4CC(=O)C3Cc3ccccn3)cc2Cl)c1. The van der Waals surface area contributed by atoms with Crippen molar-refractivity contribution in [3.8, 4) is 0 Å². The molecule has 9 heteroatoms. The first-order valence-corrected chi connectivity index (χ1v) is 14.4. The van der Waals surface area contributed by atoms with Gasteiger partial charge in [0.25, 0.3) is 11.8 Å². The normalized spacial score (nSPS) is 16.9. The Kier molecular flexibility index (Phi) is 7.21. The maximum absolute atomic E-state index is 14.0. The van der Waals surface area contributed by atoms with Crippen LogP contribution in [0.5, 0.6) is 0 Å². The average Bonchev–Trinajstić information content (AvgIpc) is 3.71. The first-order chi connectivity index (χ1) is 19.4. The van der Waals surface area contributed by atoms with E-state index in [1.165, 1.54) is 16.2 Å². The van der Waals surface area contributed by atoms with Crippen LogP contribution < -0.4 is 5.32 Å². The summed E-state index contributed by atoms with van der Waals surface area (Å²) in [4.78, 5) is 52.6. The van der Waals surface area contributed by atoms with Crippen molar-refractivity contribution in [3.05, 3.63) is 110 Å². The molecular weight excluding hydrogens is 544 g/mol. The first kappa shape index (κ1) is 26.3. The van der Waals surface area contributed by atoms with E-state index in [0.29, 0.717) is 28.6 Å². The smallest absolute Gasteiger partial charge is 0.265 e. The predicted molar refractivity (Wildman–Crippen MR) is 155 cm³/mol. The number of Topliss-reactive ketones (excluding diaryl/α,β-unsaturated/α-hetero) is 1. The van der Waals surface area contributed by atoms with Crippen LogP contribution in [0, 0.1) is 6.92 Å². The number of nitrogens with zero attached hydrogens (tertiary/aromatic N) is 3. The van der Waals surface area contributed by atoms with Crippen LogP contribution in [-0.4, -0.2) is 38.5 Å². The molecule has 0 spiro atoms. The van der Waals surface area contributed by atoms with Gasteiger partial charge in [0.15, 0.2) is 5.78 Å². The molecule has 1 unspecified atom stereocenters. The number of carbonyl (C=O) groups is 3. The summed E-state index contributed by atoms with van der Waals surface area (Å²) in [7, 11) is 0. The van der Waals surface area contributed by atoms with Crippen molar-refractivity contribution in [2.24, 2.45) is 0 Å². The molecule has 0 radical (unpaired) electrons. The number of ketones is 1. The summed E-state index contributed by atoms with van der Waals surface area (Å²) < 4.78 is 0. The predicted octanol–water partition coefficient (Wildman–Crippen LogP) is 6.01. The fraction of sp³-hybridized carbons (Fsp3) is 0.258. The van der Waals surface area contributed by atoms with E-state index in [1.54, 1.807) is 41.6 Å². The van der Waals surface area contributed by atoms with Gasteiger partial charge in [0.05, 0.1) is 21.5 Å². The van der Waals surface area contributed by atoms with Crippen LogP contribution in [0.25, 0.3) is 0 Å². The highest BCUT2D eigenvalue weighted by Crippen LogP contribution is 2.45. The average molecular weight is 571 g/mol. The van der Waals surface area contributed by atoms with E-state index in [-0.39, 0.29) is 35.6 Å². The lowest BCUT2D eigenvalue weighted by Gasteiger charge is -2.29. The Morgan fingerprint density at radius 3 is 2.65 bits per heavy atom. The molecule has 4 heterocycles. The lowest BCUT2D eigenvalue weighted by Crippen LogP contribution is -2.44. The first-order valence-electron chi connectivity index (χ1n) is 13.2. The van der Waals surface area contributed by atoms with E-state index in [2.05, 4.69) is 21.4 Å². The van der Waals surface area contributed by atoms with Crippen molar-refractivity contribution in [2.75, 3.05) is 5.32 Å². The van der Waals surface area contributed by atoms with Gasteiger partial charge in [-0.25, -0.2) is 4.98 Å². The quantitative estimate of drug-likeness (QED) is 0.294. The molecule has 1 N–H and O–H groups in total. The molecule has 40 heavy (non-hydrogen) atoms. The Balaban J connectivity index is 1.29. The van der Waals surface area contributed by atoms with Crippen LogP contribution in [0.4, 0.5) is 5.82 Å². The molecule has 6 rings (SSSR count). The number of nitrogens with one attached hydrogen (secondary N) is 1. The van der Waals surface area contributed by atoms with E-state index in [1.807, 2.05) is 31.2 Å². The molecule has 1 aromatic carbocycles. The van der Waals surface area contributed by atoms with Crippen molar-refractivity contribution in [1.82, 2.24) is 14.9 Å². The molecule has 1 atom stereocenters. The number of benzene rings is 1. The molecule has 3 aromatic heterocycles. The van der Waals surface area contributed by atoms with Crippen molar-refractivity contribution in [1.29, 1.82) is 0 Å². The number of rotatable bonds is 7. The van der Waals surface area contributed by atoms with E-state index < -0.39 is 6.04 Å². The Bertz CT molecular complexity index is 1620. The largest absolute Gasteiger partial charge is 0.323 e. The van der Waals surface area contributed by atoms with Crippen molar-refractivity contribution < 1.29 is 14.4 Å². The Labute approximate surface area is 241 Å². The van der Waals surface area contributed by atoms with E-state index in [0.717, 1.165) is 35.2 Å². The number of aromatic nitrogens is 2. The Hall–Kier alpha value is -3.88. The van der Waals surface area contributed by atoms with E-state index in [4.69, 9.17) is 11.6 Å². The van der Waals surface area contributed by atoms with Gasteiger partial charge in [0, 0.05) is 42.4 Å². The van der Waals surface area contributed by atoms with Crippen LogP contribution in [0.15, 0.2) is 67.0 Å². The number of amides is 2. The standard InChI is InChI=1S/C31H27ClN4O3S/c1-18-9-11-34-28(12-18)35-30(38)23-8-5-19(13-24(23)32)17-36-25(16-22-4-2-3-10-33-22)26(37)14-21-15-27(20-6-7-20)40-29(21)31(36)39/h2-5,8-13,15,20,25H,6-7,14,16-17H2,1H3,(H,34,35,38). The lowest BCUT2D eigenvalue weighted by molar-refractivity contribution is -0.122. The van der Waals surface area contributed by atoms with Crippen LogP contribution in [0.2, 0.25) is 5.02 Å². The van der Waals surface area contributed by atoms with Crippen LogP contribution in [0.3, 0.4) is 0 Å². The third-order valence-electron chi connectivity index (χ3n) is 7.29. The molecule has 0 saturated heterocycles. The van der Waals surface area contributed by atoms with Gasteiger partial charge in [0.2, 0.25) is 0 Å². The minimum Gasteiger partial charge on any atom is -0.323 e. The number of hydrogen-bond donors (Lipinski definition) is 1. The maximum Gasteiger partial charge on any atom is 0.265 e. The highest BCUT2D eigenvalue weighted by atomic mass is 35.5. The number of thiophene rings is 1. The maximum atomic E-state index is 14.0. The molecule has 1 fully saturated rings. The Morgan fingerprint density at radius 1 is 1.07 bits per heavy atom. The highest BCUT2D eigenvalue weighted by Gasteiger charge is 2.38. The van der Waals surface area contributed by atoms with Crippen LogP contribution in [0.1, 0.15) is 66.1 Å². The Morgan fingerprint density at radius 2 is 1.93 bits per heavy atom. The number of aryl methyl sites for hydroxylation is 1. The van der Waals surface area contributed by atoms with E-state index >= 15 is 0 Å². The number of halogens is 1. The molecule has 2 amide bonds. The van der Waals surface area contributed by atoms with Gasteiger partial charge < -0.3 is 10.2 Å². The van der Waals surface area contributed by atoms with E-state index in [9.17, 15) is 14.4 Å². The summed E-state index contributed by atoms with van der Waals surface area (Å²) in [6, 6.07) is 15.7. The molecule has 2 aliphatic rings. The lowest BCUT2D eigenvalue weighted by atomic mass is 10.00. The van der Waals surface area contributed by atoms with Gasteiger partial charge >= 0.3 is 0 Å². The second-order valence-corrected chi connectivity index (χ2v) is 11.9. The zero-order valence-corrected chi connectivity index (χ0v) is 23.5. The fourth-order valence-corrected chi connectivity index (χ4v) is 6.63. The molecule has 4 aromatic rings. The van der Waals surface area contributed by atoms with Crippen LogP contribution >= 0.6 is 22.9 Å². The second kappa shape index (κ2) is 10.9. The van der Waals surface area contributed by atoms with Gasteiger partial charge in [-0.15, -0.1) is 11.3 Å². The zero-order valence-electron chi connectivity index (χ0n) is 21.9. The second-order valence-electron chi connectivity index (χ2n) is 10.4. The summed E-state index contributed by atoms with van der Waals surface area (Å²) in [6.45, 7) is 2.10. The summed E-state index contributed by atoms with van der Waals surface area (Å²) in [5.74, 6) is 0.408. The van der Waals surface area contributed by atoms with Gasteiger partial charge in [-0.2, -0.15) is 0 Å². The van der Waals surface area contributed by atoms with Gasteiger partial charge in [-0.1, -0.05) is 23.7 Å². The molecule has 1 aliphatic heterocycles. The van der Waals surface area contributed by atoms with Crippen molar-refractivity contribution in [3.63, 3.8) is 0 Å². The number of hydrogen-bond acceptors (Lipinski definition) is 6. The molecule has 7 nitrogen and oxygen atoms in total. The van der Waals surface area contributed by atoms with Gasteiger partial charge in [-0.3, -0.25) is 19.4 Å². The topological polar surface area (TPSA) is 92.3 Å². The molecule has 1 saturated carbocycles. The summed E-state index contributed by atoms with van der Waals surface area (Å²) >= 11 is 8.09. The molecule has 1 aliphatic carbocycles. The minimum absolute atomic E-state index is 0.00866. The molecular formula is C31H27ClN4O3S. The summed E-state index contributed by atoms with van der Waals surface area (Å²) in [5, 5.41) is 3.03. The third-order valence-corrected chi connectivity index (χ3v) is 8.93. The number of pyridine rings is 2. The summed E-state index contributed by atoms with van der Waals surface area (Å²) in [5.41, 5.74) is 3.57. The third kappa shape index (κ3) is 5.55. The monoisotopic (exact) mass is 570 g/mol.